The summed E-state index contributed by atoms with van der Waals surface area (Å²) < 4.78 is 11.9. The predicted molar refractivity (Wildman–Crippen MR) is 79.2 cm³/mol. The molecule has 1 N–H and O–H groups in total. The normalized spacial score (nSPS) is 24.1. The molecule has 0 amide bonds. The van der Waals surface area contributed by atoms with Gasteiger partial charge in [0.25, 0.3) is 0 Å². The molecule has 1 saturated carbocycles. The molecule has 4 nitrogen and oxygen atoms in total. The second-order valence-corrected chi connectivity index (χ2v) is 6.30. The summed E-state index contributed by atoms with van der Waals surface area (Å²) in [5.74, 6) is -0.734. The molecule has 21 heavy (non-hydrogen) atoms. The first-order valence-corrected chi connectivity index (χ1v) is 7.80. The monoisotopic (exact) mass is 310 g/mol. The Labute approximate surface area is 129 Å². The molecule has 1 aromatic carbocycles. The standard InChI is InChI=1S/C16H19ClO4/c17-13-5-3-4-12(15(18)19)14(13)21-11-6-9-20-16(10-11)7-1-2-8-16/h3-5,11H,1-2,6-10H2,(H,18,19). The van der Waals surface area contributed by atoms with Gasteiger partial charge in [-0.2, -0.15) is 0 Å². The molecule has 1 heterocycles. The molecule has 1 aromatic rings. The van der Waals surface area contributed by atoms with E-state index in [4.69, 9.17) is 21.1 Å². The number of ether oxygens (including phenoxy) is 2. The number of carbonyl (C=O) groups is 1. The maximum absolute atomic E-state index is 11.3. The van der Waals surface area contributed by atoms with Crippen LogP contribution in [0.3, 0.4) is 0 Å². The molecule has 5 heteroatoms. The fraction of sp³-hybridized carbons (Fsp3) is 0.562. The van der Waals surface area contributed by atoms with Gasteiger partial charge in [0, 0.05) is 12.8 Å². The highest BCUT2D eigenvalue weighted by molar-refractivity contribution is 6.32. The number of hydrogen-bond acceptors (Lipinski definition) is 3. The maximum atomic E-state index is 11.3. The van der Waals surface area contributed by atoms with Crippen molar-refractivity contribution in [1.82, 2.24) is 0 Å². The molecule has 0 aromatic heterocycles. The van der Waals surface area contributed by atoms with Crippen LogP contribution in [-0.4, -0.2) is 29.4 Å². The lowest BCUT2D eigenvalue weighted by Gasteiger charge is -2.38. The van der Waals surface area contributed by atoms with Crippen LogP contribution in [0.5, 0.6) is 5.75 Å². The molecule has 3 rings (SSSR count). The van der Waals surface area contributed by atoms with Gasteiger partial charge in [-0.05, 0) is 25.0 Å². The Morgan fingerprint density at radius 1 is 1.38 bits per heavy atom. The molecule has 1 saturated heterocycles. The van der Waals surface area contributed by atoms with Crippen molar-refractivity contribution < 1.29 is 19.4 Å². The Kier molecular flexibility index (Phi) is 4.09. The zero-order valence-electron chi connectivity index (χ0n) is 11.8. The van der Waals surface area contributed by atoms with E-state index in [0.717, 1.165) is 25.7 Å². The van der Waals surface area contributed by atoms with Crippen molar-refractivity contribution in [2.45, 2.75) is 50.2 Å². The quantitative estimate of drug-likeness (QED) is 0.919. The molecule has 1 unspecified atom stereocenters. The summed E-state index contributed by atoms with van der Waals surface area (Å²) in [5, 5.41) is 9.61. The van der Waals surface area contributed by atoms with Crippen LogP contribution in [0.2, 0.25) is 5.02 Å². The maximum Gasteiger partial charge on any atom is 0.339 e. The van der Waals surface area contributed by atoms with Crippen molar-refractivity contribution in [3.63, 3.8) is 0 Å². The summed E-state index contributed by atoms with van der Waals surface area (Å²) >= 11 is 6.12. The molecule has 0 bridgehead atoms. The molecule has 1 atom stereocenters. The van der Waals surface area contributed by atoms with Crippen molar-refractivity contribution in [2.75, 3.05) is 6.61 Å². The summed E-state index contributed by atoms with van der Waals surface area (Å²) in [7, 11) is 0. The van der Waals surface area contributed by atoms with E-state index < -0.39 is 5.97 Å². The fourth-order valence-corrected chi connectivity index (χ4v) is 3.63. The molecule has 1 aliphatic carbocycles. The highest BCUT2D eigenvalue weighted by Crippen LogP contribution is 2.41. The lowest BCUT2D eigenvalue weighted by Crippen LogP contribution is -2.41. The minimum Gasteiger partial charge on any atom is -0.488 e. The lowest BCUT2D eigenvalue weighted by atomic mass is 9.90. The molecule has 2 fully saturated rings. The van der Waals surface area contributed by atoms with Crippen molar-refractivity contribution >= 4 is 17.6 Å². The van der Waals surface area contributed by atoms with E-state index in [1.54, 1.807) is 12.1 Å². The highest BCUT2D eigenvalue weighted by atomic mass is 35.5. The van der Waals surface area contributed by atoms with Crippen LogP contribution < -0.4 is 4.74 Å². The van der Waals surface area contributed by atoms with Crippen LogP contribution in [0.1, 0.15) is 48.9 Å². The molecule has 0 radical (unpaired) electrons. The lowest BCUT2D eigenvalue weighted by molar-refractivity contribution is -0.108. The molecule has 1 aliphatic heterocycles. The molecule has 114 valence electrons. The average Bonchev–Trinajstić information content (AvgIpc) is 2.89. The van der Waals surface area contributed by atoms with Gasteiger partial charge in [0.2, 0.25) is 0 Å². The number of hydrogen-bond donors (Lipinski definition) is 1. The van der Waals surface area contributed by atoms with Crippen LogP contribution in [0.4, 0.5) is 0 Å². The number of para-hydroxylation sites is 1. The Bertz CT molecular complexity index is 537. The summed E-state index contributed by atoms with van der Waals surface area (Å²) in [6.07, 6.45) is 6.08. The zero-order valence-corrected chi connectivity index (χ0v) is 12.6. The van der Waals surface area contributed by atoms with Gasteiger partial charge < -0.3 is 14.6 Å². The van der Waals surface area contributed by atoms with E-state index in [1.165, 1.54) is 18.9 Å². The van der Waals surface area contributed by atoms with E-state index in [0.29, 0.717) is 11.6 Å². The second-order valence-electron chi connectivity index (χ2n) is 5.89. The SMILES string of the molecule is O=C(O)c1cccc(Cl)c1OC1CCOC2(CCCC2)C1. The van der Waals surface area contributed by atoms with Crippen LogP contribution in [-0.2, 0) is 4.74 Å². The van der Waals surface area contributed by atoms with Gasteiger partial charge in [-0.1, -0.05) is 30.5 Å². The molecular weight excluding hydrogens is 292 g/mol. The molecule has 1 spiro atoms. The second kappa shape index (κ2) is 5.85. The summed E-state index contributed by atoms with van der Waals surface area (Å²) in [5.41, 5.74) is 0.0579. The van der Waals surface area contributed by atoms with Gasteiger partial charge in [-0.25, -0.2) is 4.79 Å². The first-order valence-electron chi connectivity index (χ1n) is 7.42. The minimum absolute atomic E-state index is 0.0325. The van der Waals surface area contributed by atoms with Gasteiger partial charge in [0.1, 0.15) is 11.7 Å². The third kappa shape index (κ3) is 3.01. The largest absolute Gasteiger partial charge is 0.488 e. The molecule has 2 aliphatic rings. The Balaban J connectivity index is 1.79. The van der Waals surface area contributed by atoms with Gasteiger partial charge in [0.05, 0.1) is 17.2 Å². The van der Waals surface area contributed by atoms with Crippen molar-refractivity contribution in [1.29, 1.82) is 0 Å². The number of carboxylic acid groups (broad SMARTS) is 1. The van der Waals surface area contributed by atoms with Crippen LogP contribution in [0.15, 0.2) is 18.2 Å². The number of rotatable bonds is 3. The van der Waals surface area contributed by atoms with Crippen molar-refractivity contribution in [2.24, 2.45) is 0 Å². The van der Waals surface area contributed by atoms with Gasteiger partial charge in [-0.15, -0.1) is 0 Å². The average molecular weight is 311 g/mol. The number of carboxylic acids is 1. The summed E-state index contributed by atoms with van der Waals surface area (Å²) in [6.45, 7) is 0.664. The zero-order chi connectivity index (χ0) is 14.9. The Morgan fingerprint density at radius 2 is 2.14 bits per heavy atom. The van der Waals surface area contributed by atoms with E-state index in [1.807, 2.05) is 0 Å². The third-order valence-electron chi connectivity index (χ3n) is 4.44. The topological polar surface area (TPSA) is 55.8 Å². The third-order valence-corrected chi connectivity index (χ3v) is 4.74. The van der Waals surface area contributed by atoms with Gasteiger partial charge >= 0.3 is 5.97 Å². The first kappa shape index (κ1) is 14.7. The fourth-order valence-electron chi connectivity index (χ4n) is 3.41. The van der Waals surface area contributed by atoms with Crippen molar-refractivity contribution in [3.05, 3.63) is 28.8 Å². The van der Waals surface area contributed by atoms with Crippen molar-refractivity contribution in [3.8, 4) is 5.75 Å². The van der Waals surface area contributed by atoms with E-state index in [-0.39, 0.29) is 23.0 Å². The summed E-state index contributed by atoms with van der Waals surface area (Å²) in [6, 6.07) is 4.81. The highest BCUT2D eigenvalue weighted by Gasteiger charge is 2.41. The number of aromatic carboxylic acids is 1. The number of benzene rings is 1. The molecular formula is C16H19ClO4. The van der Waals surface area contributed by atoms with E-state index in [9.17, 15) is 9.90 Å². The predicted octanol–water partition coefficient (Wildman–Crippen LogP) is 3.91. The van der Waals surface area contributed by atoms with Crippen LogP contribution >= 0.6 is 11.6 Å². The minimum atomic E-state index is -1.02. The van der Waals surface area contributed by atoms with Gasteiger partial charge in [-0.3, -0.25) is 0 Å². The van der Waals surface area contributed by atoms with Gasteiger partial charge in [0.15, 0.2) is 5.75 Å². The number of halogens is 1. The van der Waals surface area contributed by atoms with E-state index >= 15 is 0 Å². The van der Waals surface area contributed by atoms with Crippen LogP contribution in [0.25, 0.3) is 0 Å². The van der Waals surface area contributed by atoms with E-state index in [2.05, 4.69) is 0 Å². The summed E-state index contributed by atoms with van der Waals surface area (Å²) in [4.78, 5) is 11.3. The smallest absolute Gasteiger partial charge is 0.339 e. The Morgan fingerprint density at radius 3 is 2.86 bits per heavy atom. The van der Waals surface area contributed by atoms with Crippen LogP contribution in [0, 0.1) is 0 Å². The Hall–Kier alpha value is -1.26. The first-order chi connectivity index (χ1) is 10.1.